The molecule has 3 aliphatic rings. The van der Waals surface area contributed by atoms with Crippen molar-refractivity contribution in [3.8, 4) is 17.2 Å². The number of benzene rings is 2. The van der Waals surface area contributed by atoms with Gasteiger partial charge in [0.1, 0.15) is 28.6 Å². The fraction of sp³-hybridized carbons (Fsp3) is 0.444. The van der Waals surface area contributed by atoms with Gasteiger partial charge in [-0.3, -0.25) is 9.59 Å². The lowest BCUT2D eigenvalue weighted by atomic mass is 9.71. The van der Waals surface area contributed by atoms with E-state index in [1.54, 1.807) is 6.92 Å². The Hall–Kier alpha value is -3.30. The zero-order valence-corrected chi connectivity index (χ0v) is 22.9. The van der Waals surface area contributed by atoms with E-state index in [0.29, 0.717) is 0 Å². The number of fused-ring (bicyclic) bond motifs is 3. The number of aliphatic hydroxyl groups is 3. The zero-order valence-electron chi connectivity index (χ0n) is 22.1. The number of nitrogens with two attached hydrogens (primary N) is 1. The Morgan fingerprint density at radius 2 is 1.85 bits per heavy atom. The van der Waals surface area contributed by atoms with E-state index in [1.165, 1.54) is 25.3 Å². The molecule has 0 spiro atoms. The number of rotatable bonds is 5. The van der Waals surface area contributed by atoms with Gasteiger partial charge < -0.3 is 50.7 Å². The summed E-state index contributed by atoms with van der Waals surface area (Å²) in [4.78, 5) is 27.2. The van der Waals surface area contributed by atoms with Crippen LogP contribution < -0.4 is 10.5 Å². The third-order valence-corrected chi connectivity index (χ3v) is 7.95. The molecule has 14 heteroatoms. The van der Waals surface area contributed by atoms with Crippen molar-refractivity contribution in [2.75, 3.05) is 13.7 Å². The van der Waals surface area contributed by atoms with Gasteiger partial charge in [-0.25, -0.2) is 0 Å². The average Bonchev–Trinajstić information content (AvgIpc) is 2.92. The number of methoxy groups -OCH3 is 1. The molecule has 0 amide bonds. The Morgan fingerprint density at radius 3 is 2.46 bits per heavy atom. The smallest absolute Gasteiger partial charge is 0.202 e. The van der Waals surface area contributed by atoms with Crippen LogP contribution in [0.4, 0.5) is 0 Å². The van der Waals surface area contributed by atoms with Crippen molar-refractivity contribution < 1.29 is 54.5 Å². The number of oxime groups is 1. The number of aromatic hydroxyl groups is 2. The van der Waals surface area contributed by atoms with Crippen molar-refractivity contribution >= 4 is 29.7 Å². The minimum atomic E-state index is -2.09. The largest absolute Gasteiger partial charge is 0.507 e. The van der Waals surface area contributed by atoms with E-state index >= 15 is 0 Å². The summed E-state index contributed by atoms with van der Waals surface area (Å²) in [5, 5.41) is 66.9. The molecule has 2 aliphatic carbocycles. The maximum absolute atomic E-state index is 13.7. The Labute approximate surface area is 240 Å². The number of phenols is 2. The van der Waals surface area contributed by atoms with E-state index in [0.717, 1.165) is 0 Å². The molecule has 6 atom stereocenters. The molecule has 0 saturated carbocycles. The molecule has 1 fully saturated rings. The van der Waals surface area contributed by atoms with Crippen molar-refractivity contribution in [2.45, 2.75) is 62.4 Å². The molecule has 2 aromatic rings. The van der Waals surface area contributed by atoms with Gasteiger partial charge in [-0.05, 0) is 13.0 Å². The maximum atomic E-state index is 13.7. The maximum Gasteiger partial charge on any atom is 0.202 e. The van der Waals surface area contributed by atoms with Crippen LogP contribution in [0.5, 0.6) is 17.2 Å². The molecule has 2 aromatic carbocycles. The lowest BCUT2D eigenvalue weighted by molar-refractivity contribution is -0.245. The predicted octanol–water partition coefficient (Wildman–Crippen LogP) is 0.684. The molecule has 0 unspecified atom stereocenters. The lowest BCUT2D eigenvalue weighted by Crippen LogP contribution is -2.53. The predicted molar refractivity (Wildman–Crippen MR) is 143 cm³/mol. The molecule has 13 nitrogen and oxygen atoms in total. The second-order valence-electron chi connectivity index (χ2n) is 10.3. The standard InChI is InChI=1S/C27H30N2O11.ClH/c1-10-22(31)13(28)6-17(39-10)40-15-8-27(36,16(9-30)29-37)7-12-19(15)26(35)21-20(24(12)33)23(32)11-4-3-5-14(38-2)18(11)25(21)34;/h3-5,10,13,15,17,22,30-31,33,35-37H,6-9,28H2,1-2H3;1H/t10-,13-,15-,17-,22+,27-;/m0./s1. The highest BCUT2D eigenvalue weighted by molar-refractivity contribution is 6.31. The summed E-state index contributed by atoms with van der Waals surface area (Å²) in [7, 11) is 1.33. The first-order chi connectivity index (χ1) is 19.0. The highest BCUT2D eigenvalue weighted by Gasteiger charge is 2.49. The van der Waals surface area contributed by atoms with Gasteiger partial charge in [0.25, 0.3) is 0 Å². The second-order valence-corrected chi connectivity index (χ2v) is 10.3. The number of aliphatic hydroxyl groups excluding tert-OH is 2. The van der Waals surface area contributed by atoms with Crippen LogP contribution in [0.2, 0.25) is 0 Å². The average molecular weight is 595 g/mol. The number of halogens is 1. The first-order valence-corrected chi connectivity index (χ1v) is 12.6. The van der Waals surface area contributed by atoms with Crippen LogP contribution in [0.1, 0.15) is 68.8 Å². The molecule has 41 heavy (non-hydrogen) atoms. The number of carbonyl (C=O) groups is 2. The summed E-state index contributed by atoms with van der Waals surface area (Å²) in [6.07, 6.45) is -4.93. The topological polar surface area (TPSA) is 222 Å². The number of ketones is 2. The molecule has 0 bridgehead atoms. The number of carbonyl (C=O) groups excluding carboxylic acids is 2. The van der Waals surface area contributed by atoms with Gasteiger partial charge in [0.15, 0.2) is 12.1 Å². The number of phenolic OH excluding ortho intramolecular Hbond substituents is 2. The summed E-state index contributed by atoms with van der Waals surface area (Å²) in [5.41, 5.74) is 2.19. The van der Waals surface area contributed by atoms with Crippen LogP contribution in [0.15, 0.2) is 23.4 Å². The highest BCUT2D eigenvalue weighted by Crippen LogP contribution is 2.52. The second kappa shape index (κ2) is 11.2. The Bertz CT molecular complexity index is 1420. The van der Waals surface area contributed by atoms with Gasteiger partial charge >= 0.3 is 0 Å². The Balaban J connectivity index is 0.00000387. The monoisotopic (exact) mass is 594 g/mol. The van der Waals surface area contributed by atoms with Crippen molar-refractivity contribution in [3.63, 3.8) is 0 Å². The molecule has 1 heterocycles. The van der Waals surface area contributed by atoms with Crippen LogP contribution in [-0.2, 0) is 15.9 Å². The molecule has 0 radical (unpaired) electrons. The SMILES string of the molecule is COc1cccc2c1C(=O)c1c(O)c3c(c(O)c1C2=O)C[C@@](O)(C(CO)=NO)C[C@@H]3O[C@H]1C[C@H](N)[C@H](O)[C@H](C)O1.Cl. The summed E-state index contributed by atoms with van der Waals surface area (Å²) in [6, 6.07) is 3.65. The Kier molecular flexibility index (Phi) is 8.35. The van der Waals surface area contributed by atoms with Gasteiger partial charge in [0, 0.05) is 42.0 Å². The van der Waals surface area contributed by atoms with Gasteiger partial charge in [-0.2, -0.15) is 0 Å². The van der Waals surface area contributed by atoms with Crippen molar-refractivity contribution in [1.29, 1.82) is 0 Å². The van der Waals surface area contributed by atoms with E-state index in [-0.39, 0.29) is 46.8 Å². The molecule has 222 valence electrons. The van der Waals surface area contributed by atoms with Crippen LogP contribution in [0, 0.1) is 0 Å². The van der Waals surface area contributed by atoms with Gasteiger partial charge in [-0.1, -0.05) is 17.3 Å². The molecule has 0 aromatic heterocycles. The third-order valence-electron chi connectivity index (χ3n) is 7.95. The van der Waals surface area contributed by atoms with E-state index in [4.69, 9.17) is 19.9 Å². The van der Waals surface area contributed by atoms with Gasteiger partial charge in [-0.15, -0.1) is 12.4 Å². The molecular formula is C27H31ClN2O11. The summed E-state index contributed by atoms with van der Waals surface area (Å²) in [5.74, 6) is -2.75. The van der Waals surface area contributed by atoms with Gasteiger partial charge in [0.05, 0.1) is 48.7 Å². The van der Waals surface area contributed by atoms with Crippen molar-refractivity contribution in [3.05, 3.63) is 51.6 Å². The molecular weight excluding hydrogens is 564 g/mol. The normalized spacial score (nSPS) is 29.2. The number of nitrogens with zero attached hydrogens (tertiary/aromatic N) is 1. The minimum absolute atomic E-state index is 0. The molecule has 1 aliphatic heterocycles. The summed E-state index contributed by atoms with van der Waals surface area (Å²) < 4.78 is 17.1. The van der Waals surface area contributed by atoms with Crippen LogP contribution in [-0.4, -0.2) is 91.9 Å². The van der Waals surface area contributed by atoms with Crippen LogP contribution >= 0.6 is 12.4 Å². The highest BCUT2D eigenvalue weighted by atomic mass is 35.5. The van der Waals surface area contributed by atoms with Crippen LogP contribution in [0.3, 0.4) is 0 Å². The fourth-order valence-electron chi connectivity index (χ4n) is 5.88. The summed E-state index contributed by atoms with van der Waals surface area (Å²) >= 11 is 0. The quantitative estimate of drug-likeness (QED) is 0.0938. The first-order valence-electron chi connectivity index (χ1n) is 12.6. The molecule has 8 N–H and O–H groups in total. The molecule has 5 rings (SSSR count). The van der Waals surface area contributed by atoms with Gasteiger partial charge in [0.2, 0.25) is 5.78 Å². The Morgan fingerprint density at radius 1 is 1.17 bits per heavy atom. The van der Waals surface area contributed by atoms with E-state index in [9.17, 15) is 40.3 Å². The fourth-order valence-corrected chi connectivity index (χ4v) is 5.88. The van der Waals surface area contributed by atoms with E-state index in [1.807, 2.05) is 0 Å². The number of hydrogen-bond donors (Lipinski definition) is 7. The van der Waals surface area contributed by atoms with Crippen molar-refractivity contribution in [1.82, 2.24) is 0 Å². The number of hydrogen-bond acceptors (Lipinski definition) is 13. The zero-order chi connectivity index (χ0) is 29.1. The number of ether oxygens (including phenoxy) is 3. The van der Waals surface area contributed by atoms with E-state index in [2.05, 4.69) is 5.16 Å². The lowest BCUT2D eigenvalue weighted by Gasteiger charge is -2.42. The molecule has 1 saturated heterocycles. The van der Waals surface area contributed by atoms with Crippen molar-refractivity contribution in [2.24, 2.45) is 10.9 Å². The van der Waals surface area contributed by atoms with Crippen LogP contribution in [0.25, 0.3) is 0 Å². The van der Waals surface area contributed by atoms with E-state index < -0.39 is 95.6 Å². The first kappa shape index (κ1) is 30.7. The third kappa shape index (κ3) is 4.73. The minimum Gasteiger partial charge on any atom is -0.507 e. The summed E-state index contributed by atoms with van der Waals surface area (Å²) in [6.45, 7) is 0.730.